The fraction of sp³-hybridized carbons (Fsp3) is 0.449. The molecule has 2 heterocycles. The van der Waals surface area contributed by atoms with Gasteiger partial charge in [-0.1, -0.05) is 73.5 Å². The van der Waals surface area contributed by atoms with Crippen molar-refractivity contribution in [1.29, 1.82) is 0 Å². The lowest BCUT2D eigenvalue weighted by Crippen LogP contribution is -2.50. The summed E-state index contributed by atoms with van der Waals surface area (Å²) in [4.78, 5) is 30.3. The predicted molar refractivity (Wildman–Crippen MR) is 232 cm³/mol. The third kappa shape index (κ3) is 12.3. The number of hydrogen-bond acceptors (Lipinski definition) is 9. The first kappa shape index (κ1) is 42.8. The number of rotatable bonds is 21. The zero-order valence-electron chi connectivity index (χ0n) is 34.1. The van der Waals surface area contributed by atoms with E-state index in [4.69, 9.17) is 10.5 Å². The highest BCUT2D eigenvalue weighted by Crippen LogP contribution is 2.41. The molecule has 1 saturated carbocycles. The van der Waals surface area contributed by atoms with E-state index in [0.29, 0.717) is 36.2 Å². The third-order valence-corrected chi connectivity index (χ3v) is 12.4. The highest BCUT2D eigenvalue weighted by molar-refractivity contribution is 6.06. The number of nitrogen functional groups attached to an aromatic ring is 1. The number of carbonyl (C=O) groups is 2. The minimum atomic E-state index is -0.613. The normalized spacial score (nSPS) is 19.2. The van der Waals surface area contributed by atoms with Gasteiger partial charge >= 0.3 is 0 Å². The third-order valence-electron chi connectivity index (χ3n) is 12.4. The number of Topliss-reactive ketones (excluding diaryl/α,β-unsaturated/α-hetero) is 1. The summed E-state index contributed by atoms with van der Waals surface area (Å²) in [5.74, 6) is 2.36. The SMILES string of the molecule is CNC1CCC2CNCCC2C1CCCCCC(=O)CC(=O)C=Cc1cc(OCO)c(O)cc1Cc1cnc(N)cc1CCc1cccc(CCc2ccccc2)c1. The number of phenols is 1. The van der Waals surface area contributed by atoms with Crippen LogP contribution in [-0.4, -0.2) is 59.7 Å². The Balaban J connectivity index is 1.04. The molecule has 6 N–H and O–H groups in total. The second-order valence-corrected chi connectivity index (χ2v) is 16.3. The second-order valence-electron chi connectivity index (χ2n) is 16.3. The summed E-state index contributed by atoms with van der Waals surface area (Å²) in [7, 11) is 2.09. The van der Waals surface area contributed by atoms with Crippen LogP contribution < -0.4 is 21.1 Å². The van der Waals surface area contributed by atoms with Crippen LogP contribution in [0.4, 0.5) is 5.82 Å². The highest BCUT2D eigenvalue weighted by atomic mass is 16.6. The van der Waals surface area contributed by atoms with Crippen LogP contribution in [0, 0.1) is 17.8 Å². The zero-order valence-corrected chi connectivity index (χ0v) is 34.1. The van der Waals surface area contributed by atoms with E-state index >= 15 is 0 Å². The fourth-order valence-corrected chi connectivity index (χ4v) is 9.32. The van der Waals surface area contributed by atoms with E-state index in [9.17, 15) is 19.8 Å². The molecule has 0 radical (unpaired) electrons. The molecule has 3 aromatic carbocycles. The van der Waals surface area contributed by atoms with Gasteiger partial charge in [-0.15, -0.1) is 0 Å². The number of phenolic OH excluding ortho intramolecular Hbond substituents is 1. The highest BCUT2D eigenvalue weighted by Gasteiger charge is 2.39. The number of benzene rings is 3. The number of aromatic hydroxyl groups is 1. The predicted octanol–water partition coefficient (Wildman–Crippen LogP) is 7.57. The maximum atomic E-state index is 13.1. The molecule has 4 unspecified atom stereocenters. The molecule has 9 nitrogen and oxygen atoms in total. The topological polar surface area (TPSA) is 147 Å². The number of hydrogen-bond donors (Lipinski definition) is 5. The maximum absolute atomic E-state index is 13.1. The first-order chi connectivity index (χ1) is 28.3. The summed E-state index contributed by atoms with van der Waals surface area (Å²) in [5, 5.41) is 27.4. The monoisotopic (exact) mass is 786 g/mol. The van der Waals surface area contributed by atoms with Crippen LogP contribution in [0.15, 0.2) is 85.1 Å². The molecule has 1 saturated heterocycles. The van der Waals surface area contributed by atoms with Gasteiger partial charge in [0.05, 0.1) is 6.42 Å². The van der Waals surface area contributed by atoms with Gasteiger partial charge < -0.3 is 31.3 Å². The number of aromatic nitrogens is 1. The number of unbranched alkanes of at least 4 members (excludes halogenated alkanes) is 2. The molecule has 0 spiro atoms. The van der Waals surface area contributed by atoms with Gasteiger partial charge in [0.25, 0.3) is 0 Å². The van der Waals surface area contributed by atoms with Gasteiger partial charge in [0.15, 0.2) is 24.1 Å². The number of ether oxygens (including phenoxy) is 1. The lowest BCUT2D eigenvalue weighted by Gasteiger charge is -2.46. The molecular weight excluding hydrogens is 725 g/mol. The van der Waals surface area contributed by atoms with Gasteiger partial charge in [-0.3, -0.25) is 9.59 Å². The van der Waals surface area contributed by atoms with Crippen molar-refractivity contribution in [3.05, 3.63) is 124 Å². The van der Waals surface area contributed by atoms with Crippen LogP contribution >= 0.6 is 0 Å². The molecular formula is C49H62N4O5. The zero-order chi connectivity index (χ0) is 40.7. The first-order valence-electron chi connectivity index (χ1n) is 21.3. The van der Waals surface area contributed by atoms with E-state index in [1.807, 2.05) is 12.1 Å². The van der Waals surface area contributed by atoms with Crippen molar-refractivity contribution in [2.24, 2.45) is 17.8 Å². The van der Waals surface area contributed by atoms with Crippen LogP contribution in [0.25, 0.3) is 6.08 Å². The molecule has 1 aromatic heterocycles. The van der Waals surface area contributed by atoms with Crippen molar-refractivity contribution in [2.45, 2.75) is 95.9 Å². The number of allylic oxidation sites excluding steroid dienone is 1. The van der Waals surface area contributed by atoms with Crippen LogP contribution in [0.3, 0.4) is 0 Å². The average Bonchev–Trinajstić information content (AvgIpc) is 3.23. The Labute approximate surface area is 344 Å². The molecule has 0 amide bonds. The lowest BCUT2D eigenvalue weighted by molar-refractivity contribution is -0.124. The van der Waals surface area contributed by atoms with Crippen LogP contribution in [-0.2, 0) is 41.7 Å². The van der Waals surface area contributed by atoms with Crippen molar-refractivity contribution in [3.8, 4) is 11.5 Å². The summed E-state index contributed by atoms with van der Waals surface area (Å²) in [6.45, 7) is 1.65. The second kappa shape index (κ2) is 21.8. The molecule has 4 aromatic rings. The summed E-state index contributed by atoms with van der Waals surface area (Å²) in [6, 6.07) is 24.9. The van der Waals surface area contributed by atoms with Gasteiger partial charge in [-0.2, -0.15) is 0 Å². The van der Waals surface area contributed by atoms with Gasteiger partial charge in [0.2, 0.25) is 0 Å². The molecule has 58 heavy (non-hydrogen) atoms. The number of pyridine rings is 1. The van der Waals surface area contributed by atoms with E-state index in [1.54, 1.807) is 24.4 Å². The Morgan fingerprint density at radius 2 is 1.67 bits per heavy atom. The fourth-order valence-electron chi connectivity index (χ4n) is 9.32. The Kier molecular flexibility index (Phi) is 16.1. The average molecular weight is 787 g/mol. The van der Waals surface area contributed by atoms with Gasteiger partial charge in [0.1, 0.15) is 11.6 Å². The molecule has 1 aliphatic heterocycles. The van der Waals surface area contributed by atoms with E-state index < -0.39 is 6.79 Å². The van der Waals surface area contributed by atoms with Crippen LogP contribution in [0.1, 0.15) is 96.7 Å². The van der Waals surface area contributed by atoms with Crippen LogP contribution in [0.2, 0.25) is 0 Å². The quantitative estimate of drug-likeness (QED) is 0.0250. The lowest BCUT2D eigenvalue weighted by atomic mass is 9.65. The summed E-state index contributed by atoms with van der Waals surface area (Å²) >= 11 is 0. The number of fused-ring (bicyclic) bond motifs is 1. The first-order valence-corrected chi connectivity index (χ1v) is 21.3. The number of aliphatic hydroxyl groups is 1. The number of piperidine rings is 1. The molecule has 2 aliphatic rings. The van der Waals surface area contributed by atoms with Gasteiger partial charge in [-0.25, -0.2) is 4.98 Å². The standard InChI is InChI=1S/C49H62N4O5/c1-51-46-22-20-39-31-52-24-23-44(39)45(46)14-7-3-6-13-42(55)30-43(56)21-19-37-28-48(58-33-54)47(57)27-40(37)26-41-32-53-49(50)29-38(41)18-17-36-12-8-11-35(25-36)16-15-34-9-4-2-5-10-34/h2,4-5,8-12,19,21,25,27-29,32,39,44-46,51-52,54,57H,3,6-7,13-18,20,22-24,26,30-31,33H2,1H3,(H2,50,53). The van der Waals surface area contributed by atoms with Crippen molar-refractivity contribution in [2.75, 3.05) is 32.7 Å². The van der Waals surface area contributed by atoms with E-state index in [2.05, 4.69) is 71.2 Å². The summed E-state index contributed by atoms with van der Waals surface area (Å²) in [5.41, 5.74) is 13.4. The molecule has 0 bridgehead atoms. The number of aryl methyl sites for hydroxylation is 4. The number of nitrogens with zero attached hydrogens (tertiary/aromatic N) is 1. The van der Waals surface area contributed by atoms with Crippen molar-refractivity contribution in [3.63, 3.8) is 0 Å². The summed E-state index contributed by atoms with van der Waals surface area (Å²) < 4.78 is 5.27. The smallest absolute Gasteiger partial charge is 0.186 e. The molecule has 308 valence electrons. The van der Waals surface area contributed by atoms with Gasteiger partial charge in [0, 0.05) is 18.7 Å². The number of nitrogens with one attached hydrogen (secondary N) is 2. The van der Waals surface area contributed by atoms with Crippen LogP contribution in [0.5, 0.6) is 11.5 Å². The number of nitrogens with two attached hydrogens (primary N) is 1. The molecule has 4 atom stereocenters. The Morgan fingerprint density at radius 1 is 0.897 bits per heavy atom. The number of aliphatic hydroxyl groups excluding tert-OH is 1. The molecule has 2 fully saturated rings. The maximum Gasteiger partial charge on any atom is 0.186 e. The van der Waals surface area contributed by atoms with Crippen molar-refractivity contribution in [1.82, 2.24) is 15.6 Å². The largest absolute Gasteiger partial charge is 0.504 e. The van der Waals surface area contributed by atoms with Gasteiger partial charge in [-0.05, 0) is 165 Å². The van der Waals surface area contributed by atoms with E-state index in [1.165, 1.54) is 48.4 Å². The number of ketones is 2. The number of carbonyl (C=O) groups excluding carboxylic acids is 2. The minimum Gasteiger partial charge on any atom is -0.504 e. The molecule has 9 heteroatoms. The Hall–Kier alpha value is -4.83. The van der Waals surface area contributed by atoms with Crippen molar-refractivity contribution < 1.29 is 24.5 Å². The molecule has 6 rings (SSSR count). The minimum absolute atomic E-state index is 0.0478. The Morgan fingerprint density at radius 3 is 2.47 bits per heavy atom. The molecule has 1 aliphatic carbocycles. The number of anilines is 1. The van der Waals surface area contributed by atoms with Crippen molar-refractivity contribution >= 4 is 23.5 Å². The summed E-state index contributed by atoms with van der Waals surface area (Å²) in [6.07, 6.45) is 16.9. The van der Waals surface area contributed by atoms with E-state index in [-0.39, 0.29) is 29.5 Å². The Bertz CT molecular complexity index is 1980. The van der Waals surface area contributed by atoms with E-state index in [0.717, 1.165) is 86.6 Å².